The van der Waals surface area contributed by atoms with Gasteiger partial charge in [0.2, 0.25) is 0 Å². The Morgan fingerprint density at radius 1 is 1.19 bits per heavy atom. The molecular formula is C13H13NO2. The molecule has 0 saturated heterocycles. The van der Waals surface area contributed by atoms with Crippen molar-refractivity contribution < 1.29 is 9.90 Å². The van der Waals surface area contributed by atoms with Crippen molar-refractivity contribution in [2.45, 2.75) is 13.0 Å². The molecule has 1 amide bonds. The number of amides is 1. The maximum absolute atomic E-state index is 10.5. The van der Waals surface area contributed by atoms with Crippen LogP contribution in [0, 0.1) is 0 Å². The first kappa shape index (κ1) is 10.5. The molecule has 0 aliphatic heterocycles. The topological polar surface area (TPSA) is 49.3 Å². The van der Waals surface area contributed by atoms with E-state index in [2.05, 4.69) is 5.32 Å². The van der Waals surface area contributed by atoms with Crippen LogP contribution in [0.25, 0.3) is 10.8 Å². The highest BCUT2D eigenvalue weighted by molar-refractivity contribution is 5.83. The fourth-order valence-corrected chi connectivity index (χ4v) is 1.75. The summed E-state index contributed by atoms with van der Waals surface area (Å²) in [5, 5.41) is 13.4. The van der Waals surface area contributed by atoms with Gasteiger partial charge in [-0.15, -0.1) is 0 Å². The summed E-state index contributed by atoms with van der Waals surface area (Å²) in [4.78, 5) is 10.5. The van der Waals surface area contributed by atoms with Crippen LogP contribution in [0.5, 0.6) is 0 Å². The highest BCUT2D eigenvalue weighted by Gasteiger charge is 2.07. The molecule has 2 aromatic carbocycles. The molecule has 0 aliphatic carbocycles. The van der Waals surface area contributed by atoms with E-state index in [4.69, 9.17) is 5.11 Å². The highest BCUT2D eigenvalue weighted by Crippen LogP contribution is 2.19. The molecule has 3 nitrogen and oxygen atoms in total. The number of hydrogen-bond acceptors (Lipinski definition) is 1. The Balaban J connectivity index is 2.35. The molecule has 2 N–H and O–H groups in total. The molecule has 82 valence electrons. The predicted molar refractivity (Wildman–Crippen MR) is 63.5 cm³/mol. The van der Waals surface area contributed by atoms with Crippen molar-refractivity contribution in [1.29, 1.82) is 0 Å². The van der Waals surface area contributed by atoms with E-state index in [1.807, 2.05) is 49.4 Å². The van der Waals surface area contributed by atoms with E-state index in [9.17, 15) is 4.79 Å². The molecule has 0 radical (unpaired) electrons. The zero-order chi connectivity index (χ0) is 11.5. The first-order valence-electron chi connectivity index (χ1n) is 5.15. The lowest BCUT2D eigenvalue weighted by molar-refractivity contribution is 0.191. The Hall–Kier alpha value is -2.03. The molecule has 0 aliphatic rings. The molecule has 0 bridgehead atoms. The second-order valence-electron chi connectivity index (χ2n) is 3.78. The Bertz CT molecular complexity index is 522. The minimum Gasteiger partial charge on any atom is -0.465 e. The maximum Gasteiger partial charge on any atom is 0.405 e. The quantitative estimate of drug-likeness (QED) is 0.808. The Kier molecular flexibility index (Phi) is 2.77. The normalized spacial score (nSPS) is 12.3. The average molecular weight is 215 g/mol. The summed E-state index contributed by atoms with van der Waals surface area (Å²) in [5.41, 5.74) is 0.973. The highest BCUT2D eigenvalue weighted by atomic mass is 16.4. The Morgan fingerprint density at radius 3 is 2.56 bits per heavy atom. The lowest BCUT2D eigenvalue weighted by Crippen LogP contribution is -2.24. The SMILES string of the molecule is CC(NC(=O)O)c1ccc2ccccc2c1. The number of nitrogens with one attached hydrogen (secondary N) is 1. The lowest BCUT2D eigenvalue weighted by atomic mass is 10.0. The van der Waals surface area contributed by atoms with Gasteiger partial charge >= 0.3 is 6.09 Å². The summed E-state index contributed by atoms with van der Waals surface area (Å²) < 4.78 is 0. The molecule has 2 rings (SSSR count). The number of hydrogen-bond donors (Lipinski definition) is 2. The van der Waals surface area contributed by atoms with Crippen LogP contribution in [-0.4, -0.2) is 11.2 Å². The Morgan fingerprint density at radius 2 is 1.88 bits per heavy atom. The van der Waals surface area contributed by atoms with E-state index in [1.165, 1.54) is 0 Å². The third kappa shape index (κ3) is 2.14. The monoisotopic (exact) mass is 215 g/mol. The van der Waals surface area contributed by atoms with E-state index < -0.39 is 6.09 Å². The van der Waals surface area contributed by atoms with Crippen LogP contribution in [0.3, 0.4) is 0 Å². The van der Waals surface area contributed by atoms with Crippen LogP contribution in [-0.2, 0) is 0 Å². The largest absolute Gasteiger partial charge is 0.465 e. The summed E-state index contributed by atoms with van der Waals surface area (Å²) in [5.74, 6) is 0. The number of benzene rings is 2. The van der Waals surface area contributed by atoms with Crippen molar-refractivity contribution in [1.82, 2.24) is 5.32 Å². The van der Waals surface area contributed by atoms with E-state index in [-0.39, 0.29) is 6.04 Å². The molecule has 0 aromatic heterocycles. The van der Waals surface area contributed by atoms with Gasteiger partial charge in [0, 0.05) is 0 Å². The van der Waals surface area contributed by atoms with Crippen molar-refractivity contribution in [3.8, 4) is 0 Å². The van der Waals surface area contributed by atoms with Gasteiger partial charge in [0.15, 0.2) is 0 Å². The molecule has 0 saturated carbocycles. The molecule has 1 unspecified atom stereocenters. The van der Waals surface area contributed by atoms with Crippen molar-refractivity contribution in [3.63, 3.8) is 0 Å². The first-order chi connectivity index (χ1) is 7.66. The third-order valence-corrected chi connectivity index (χ3v) is 2.61. The van der Waals surface area contributed by atoms with Crippen LogP contribution in [0.15, 0.2) is 42.5 Å². The zero-order valence-electron chi connectivity index (χ0n) is 8.97. The standard InChI is InChI=1S/C13H13NO2/c1-9(14-13(15)16)11-7-6-10-4-2-3-5-12(10)8-11/h2-9,14H,1H3,(H,15,16). The van der Waals surface area contributed by atoms with E-state index in [0.29, 0.717) is 0 Å². The molecule has 16 heavy (non-hydrogen) atoms. The molecule has 3 heteroatoms. The fraction of sp³-hybridized carbons (Fsp3) is 0.154. The van der Waals surface area contributed by atoms with Crippen LogP contribution in [0.1, 0.15) is 18.5 Å². The minimum atomic E-state index is -0.999. The minimum absolute atomic E-state index is 0.192. The number of carbonyl (C=O) groups is 1. The third-order valence-electron chi connectivity index (χ3n) is 2.61. The summed E-state index contributed by atoms with van der Waals surface area (Å²) in [6.07, 6.45) is -0.999. The molecule has 0 heterocycles. The molecule has 2 aromatic rings. The molecule has 0 fully saturated rings. The smallest absolute Gasteiger partial charge is 0.405 e. The summed E-state index contributed by atoms with van der Waals surface area (Å²) >= 11 is 0. The maximum atomic E-state index is 10.5. The Labute approximate surface area is 93.7 Å². The molecule has 1 atom stereocenters. The van der Waals surface area contributed by atoms with Gasteiger partial charge in [0.1, 0.15) is 0 Å². The second-order valence-corrected chi connectivity index (χ2v) is 3.78. The number of carboxylic acid groups (broad SMARTS) is 1. The fourth-order valence-electron chi connectivity index (χ4n) is 1.75. The van der Waals surface area contributed by atoms with E-state index in [0.717, 1.165) is 16.3 Å². The van der Waals surface area contributed by atoms with E-state index in [1.54, 1.807) is 0 Å². The summed E-state index contributed by atoms with van der Waals surface area (Å²) in [6, 6.07) is 13.8. The van der Waals surface area contributed by atoms with Gasteiger partial charge in [0.05, 0.1) is 6.04 Å². The van der Waals surface area contributed by atoms with Crippen LogP contribution < -0.4 is 5.32 Å². The van der Waals surface area contributed by atoms with Crippen LogP contribution in [0.2, 0.25) is 0 Å². The first-order valence-corrected chi connectivity index (χ1v) is 5.15. The van der Waals surface area contributed by atoms with Crippen LogP contribution in [0.4, 0.5) is 4.79 Å². The van der Waals surface area contributed by atoms with Crippen molar-refractivity contribution >= 4 is 16.9 Å². The van der Waals surface area contributed by atoms with Gasteiger partial charge in [-0.3, -0.25) is 0 Å². The van der Waals surface area contributed by atoms with Crippen molar-refractivity contribution in [3.05, 3.63) is 48.0 Å². The second kappa shape index (κ2) is 4.23. The van der Waals surface area contributed by atoms with Gasteiger partial charge in [-0.1, -0.05) is 36.4 Å². The summed E-state index contributed by atoms with van der Waals surface area (Å²) in [6.45, 7) is 1.83. The zero-order valence-corrected chi connectivity index (χ0v) is 8.97. The van der Waals surface area contributed by atoms with Gasteiger partial charge < -0.3 is 10.4 Å². The van der Waals surface area contributed by atoms with Crippen LogP contribution >= 0.6 is 0 Å². The van der Waals surface area contributed by atoms with Gasteiger partial charge in [-0.25, -0.2) is 4.79 Å². The van der Waals surface area contributed by atoms with Gasteiger partial charge in [-0.05, 0) is 29.3 Å². The van der Waals surface area contributed by atoms with E-state index >= 15 is 0 Å². The van der Waals surface area contributed by atoms with Crippen molar-refractivity contribution in [2.75, 3.05) is 0 Å². The summed E-state index contributed by atoms with van der Waals surface area (Å²) in [7, 11) is 0. The number of rotatable bonds is 2. The molecular weight excluding hydrogens is 202 g/mol. The lowest BCUT2D eigenvalue weighted by Gasteiger charge is -2.12. The van der Waals surface area contributed by atoms with Gasteiger partial charge in [-0.2, -0.15) is 0 Å². The van der Waals surface area contributed by atoms with Gasteiger partial charge in [0.25, 0.3) is 0 Å². The average Bonchev–Trinajstić information content (AvgIpc) is 2.27. The predicted octanol–water partition coefficient (Wildman–Crippen LogP) is 3.17. The number of fused-ring (bicyclic) bond motifs is 1. The molecule has 0 spiro atoms. The van der Waals surface area contributed by atoms with Crippen molar-refractivity contribution in [2.24, 2.45) is 0 Å².